The van der Waals surface area contributed by atoms with Crippen LogP contribution in [0.15, 0.2) is 0 Å². The summed E-state index contributed by atoms with van der Waals surface area (Å²) in [6, 6.07) is 2.33. The van der Waals surface area contributed by atoms with Crippen molar-refractivity contribution in [2.24, 2.45) is 0 Å². The molecule has 0 heterocycles. The Hall–Kier alpha value is -0.630. The van der Waals surface area contributed by atoms with Crippen molar-refractivity contribution in [1.29, 1.82) is 5.26 Å². The van der Waals surface area contributed by atoms with E-state index in [2.05, 4.69) is 42.2 Å². The molecule has 1 unspecified atom stereocenters. The molecule has 4 heteroatoms. The molecule has 0 amide bonds. The molecule has 0 fully saturated rings. The molecule has 4 nitrogen and oxygen atoms in total. The van der Waals surface area contributed by atoms with E-state index in [-0.39, 0.29) is 0 Å². The Morgan fingerprint density at radius 1 is 1.31 bits per heavy atom. The fourth-order valence-corrected chi connectivity index (χ4v) is 1.58. The topological polar surface area (TPSA) is 42.3 Å². The second-order valence-electron chi connectivity index (χ2n) is 4.72. The second kappa shape index (κ2) is 7.61. The Bertz CT molecular complexity index is 222. The minimum atomic E-state index is -0.436. The molecule has 0 aliphatic rings. The van der Waals surface area contributed by atoms with E-state index in [1.54, 1.807) is 0 Å². The molecule has 0 aromatic heterocycles. The van der Waals surface area contributed by atoms with Crippen molar-refractivity contribution in [1.82, 2.24) is 15.1 Å². The van der Waals surface area contributed by atoms with Gasteiger partial charge in [-0.3, -0.25) is 0 Å². The van der Waals surface area contributed by atoms with Gasteiger partial charge in [0.2, 0.25) is 0 Å². The standard InChI is InChI=1S/C12H26N4/c1-6-16(9-7-8-15(4)5)11-12(2,10-13)14-3/h14H,6-9,11H2,1-5H3. The van der Waals surface area contributed by atoms with Gasteiger partial charge in [0.1, 0.15) is 5.54 Å². The van der Waals surface area contributed by atoms with E-state index >= 15 is 0 Å². The Morgan fingerprint density at radius 2 is 1.94 bits per heavy atom. The molecule has 0 aliphatic carbocycles. The van der Waals surface area contributed by atoms with E-state index in [1.807, 2.05) is 14.0 Å². The lowest BCUT2D eigenvalue weighted by Crippen LogP contribution is -2.49. The summed E-state index contributed by atoms with van der Waals surface area (Å²) < 4.78 is 0. The quantitative estimate of drug-likeness (QED) is 0.663. The first-order valence-corrected chi connectivity index (χ1v) is 5.94. The highest BCUT2D eigenvalue weighted by Gasteiger charge is 2.23. The average molecular weight is 226 g/mol. The summed E-state index contributed by atoms with van der Waals surface area (Å²) in [5.74, 6) is 0. The van der Waals surface area contributed by atoms with Gasteiger partial charge in [0.05, 0.1) is 6.07 Å². The van der Waals surface area contributed by atoms with Crippen LogP contribution in [-0.4, -0.2) is 62.7 Å². The van der Waals surface area contributed by atoms with Gasteiger partial charge in [-0.15, -0.1) is 0 Å². The van der Waals surface area contributed by atoms with Gasteiger partial charge < -0.3 is 15.1 Å². The van der Waals surface area contributed by atoms with Gasteiger partial charge in [0.25, 0.3) is 0 Å². The molecule has 94 valence electrons. The zero-order chi connectivity index (χ0) is 12.6. The van der Waals surface area contributed by atoms with Gasteiger partial charge in [-0.05, 0) is 54.1 Å². The molecule has 0 bridgehead atoms. The van der Waals surface area contributed by atoms with Crippen LogP contribution >= 0.6 is 0 Å². The first kappa shape index (κ1) is 15.4. The maximum Gasteiger partial charge on any atom is 0.116 e. The summed E-state index contributed by atoms with van der Waals surface area (Å²) in [6.07, 6.45) is 1.14. The number of nitrogens with zero attached hydrogens (tertiary/aromatic N) is 3. The van der Waals surface area contributed by atoms with Crippen molar-refractivity contribution in [3.05, 3.63) is 0 Å². The molecule has 1 N–H and O–H groups in total. The zero-order valence-electron chi connectivity index (χ0n) is 11.4. The van der Waals surface area contributed by atoms with E-state index in [1.165, 1.54) is 0 Å². The maximum atomic E-state index is 9.10. The summed E-state index contributed by atoms with van der Waals surface area (Å²) >= 11 is 0. The lowest BCUT2D eigenvalue weighted by molar-refractivity contribution is 0.223. The highest BCUT2D eigenvalue weighted by molar-refractivity contribution is 5.04. The van der Waals surface area contributed by atoms with Gasteiger partial charge in [-0.1, -0.05) is 6.92 Å². The van der Waals surface area contributed by atoms with Crippen LogP contribution in [0.3, 0.4) is 0 Å². The second-order valence-corrected chi connectivity index (χ2v) is 4.72. The lowest BCUT2D eigenvalue weighted by atomic mass is 10.0. The Labute approximate surface area is 100 Å². The SMILES string of the molecule is CCN(CCCN(C)C)CC(C)(C#N)NC. The molecule has 1 atom stereocenters. The molecule has 0 radical (unpaired) electrons. The lowest BCUT2D eigenvalue weighted by Gasteiger charge is -2.29. The first-order chi connectivity index (χ1) is 7.47. The third-order valence-corrected chi connectivity index (χ3v) is 2.87. The van der Waals surface area contributed by atoms with E-state index < -0.39 is 5.54 Å². The van der Waals surface area contributed by atoms with Gasteiger partial charge >= 0.3 is 0 Å². The van der Waals surface area contributed by atoms with E-state index in [9.17, 15) is 0 Å². The van der Waals surface area contributed by atoms with Crippen molar-refractivity contribution in [2.75, 3.05) is 47.3 Å². The maximum absolute atomic E-state index is 9.10. The summed E-state index contributed by atoms with van der Waals surface area (Å²) in [4.78, 5) is 4.51. The van der Waals surface area contributed by atoms with Crippen LogP contribution in [0, 0.1) is 11.3 Å². The van der Waals surface area contributed by atoms with Crippen molar-refractivity contribution < 1.29 is 0 Å². The molecule has 0 aromatic carbocycles. The molecule has 0 aliphatic heterocycles. The normalized spacial score (nSPS) is 15.1. The summed E-state index contributed by atoms with van der Waals surface area (Å²) in [5.41, 5.74) is -0.436. The van der Waals surface area contributed by atoms with Gasteiger partial charge in [0, 0.05) is 6.54 Å². The minimum Gasteiger partial charge on any atom is -0.309 e. The molecule has 0 rings (SSSR count). The van der Waals surface area contributed by atoms with Crippen LogP contribution < -0.4 is 5.32 Å². The zero-order valence-corrected chi connectivity index (χ0v) is 11.4. The molecular weight excluding hydrogens is 200 g/mol. The van der Waals surface area contributed by atoms with Gasteiger partial charge in [0.15, 0.2) is 0 Å². The number of hydrogen-bond donors (Lipinski definition) is 1. The summed E-state index contributed by atoms with van der Waals surface area (Å²) in [7, 11) is 6.02. The van der Waals surface area contributed by atoms with Crippen LogP contribution in [0.5, 0.6) is 0 Å². The number of nitrogens with one attached hydrogen (secondary N) is 1. The van der Waals surface area contributed by atoms with Crippen LogP contribution in [-0.2, 0) is 0 Å². The van der Waals surface area contributed by atoms with Gasteiger partial charge in [-0.25, -0.2) is 0 Å². The smallest absolute Gasteiger partial charge is 0.116 e. The monoisotopic (exact) mass is 226 g/mol. The Morgan fingerprint density at radius 3 is 2.31 bits per heavy atom. The summed E-state index contributed by atoms with van der Waals surface area (Å²) in [5, 5.41) is 12.2. The number of nitriles is 1. The van der Waals surface area contributed by atoms with Crippen LogP contribution in [0.25, 0.3) is 0 Å². The highest BCUT2D eigenvalue weighted by Crippen LogP contribution is 2.05. The van der Waals surface area contributed by atoms with E-state index in [0.717, 1.165) is 32.6 Å². The van der Waals surface area contributed by atoms with Crippen molar-refractivity contribution in [3.8, 4) is 6.07 Å². The van der Waals surface area contributed by atoms with Crippen LogP contribution in [0.1, 0.15) is 20.3 Å². The summed E-state index contributed by atoms with van der Waals surface area (Å²) in [6.45, 7) is 8.01. The van der Waals surface area contributed by atoms with Gasteiger partial charge in [-0.2, -0.15) is 5.26 Å². The third-order valence-electron chi connectivity index (χ3n) is 2.87. The molecule has 0 aromatic rings. The Kier molecular flexibility index (Phi) is 7.31. The molecule has 16 heavy (non-hydrogen) atoms. The Balaban J connectivity index is 4.05. The third kappa shape index (κ3) is 6.06. The number of rotatable bonds is 8. The number of hydrogen-bond acceptors (Lipinski definition) is 4. The first-order valence-electron chi connectivity index (χ1n) is 5.94. The van der Waals surface area contributed by atoms with Crippen molar-refractivity contribution >= 4 is 0 Å². The van der Waals surface area contributed by atoms with Crippen molar-refractivity contribution in [2.45, 2.75) is 25.8 Å². The predicted octanol–water partition coefficient (Wildman–Crippen LogP) is 0.762. The fraction of sp³-hybridized carbons (Fsp3) is 0.917. The predicted molar refractivity (Wildman–Crippen MR) is 68.4 cm³/mol. The molecule has 0 saturated heterocycles. The van der Waals surface area contributed by atoms with Crippen molar-refractivity contribution in [3.63, 3.8) is 0 Å². The van der Waals surface area contributed by atoms with Crippen LogP contribution in [0.2, 0.25) is 0 Å². The average Bonchev–Trinajstić information content (AvgIpc) is 2.27. The van der Waals surface area contributed by atoms with E-state index in [4.69, 9.17) is 5.26 Å². The van der Waals surface area contributed by atoms with E-state index in [0.29, 0.717) is 0 Å². The number of likely N-dealkylation sites (N-methyl/N-ethyl adjacent to an activating group) is 2. The fourth-order valence-electron chi connectivity index (χ4n) is 1.58. The molecule has 0 spiro atoms. The molecular formula is C12H26N4. The minimum absolute atomic E-state index is 0.436. The van der Waals surface area contributed by atoms with Crippen LogP contribution in [0.4, 0.5) is 0 Å². The molecule has 0 saturated carbocycles. The highest BCUT2D eigenvalue weighted by atomic mass is 15.2. The largest absolute Gasteiger partial charge is 0.309 e.